The first-order chi connectivity index (χ1) is 9.74. The molecule has 1 aliphatic heterocycles. The van der Waals surface area contributed by atoms with Crippen molar-refractivity contribution in [3.8, 4) is 11.5 Å². The second-order valence-corrected chi connectivity index (χ2v) is 4.53. The predicted octanol–water partition coefficient (Wildman–Crippen LogP) is 1.12. The van der Waals surface area contributed by atoms with Gasteiger partial charge in [-0.3, -0.25) is 4.79 Å². The summed E-state index contributed by atoms with van der Waals surface area (Å²) in [5.41, 5.74) is 0.564. The second-order valence-electron chi connectivity index (χ2n) is 4.53. The minimum absolute atomic E-state index is 0.127. The first kappa shape index (κ1) is 12.5. The van der Waals surface area contributed by atoms with Crippen LogP contribution in [-0.2, 0) is 13.5 Å². The lowest BCUT2D eigenvalue weighted by Crippen LogP contribution is -2.26. The number of aromatic nitrogens is 2. The molecular formula is C14H15N3O3. The monoisotopic (exact) mass is 273 g/mol. The van der Waals surface area contributed by atoms with E-state index in [1.807, 2.05) is 17.8 Å². The van der Waals surface area contributed by atoms with Crippen LogP contribution in [0.5, 0.6) is 11.5 Å². The van der Waals surface area contributed by atoms with Crippen molar-refractivity contribution in [3.05, 3.63) is 42.0 Å². The fourth-order valence-corrected chi connectivity index (χ4v) is 2.07. The molecule has 3 rings (SSSR count). The first-order valence-corrected chi connectivity index (χ1v) is 6.38. The third-order valence-electron chi connectivity index (χ3n) is 3.19. The summed E-state index contributed by atoms with van der Waals surface area (Å²) in [4.78, 5) is 16.2. The number of hydrogen-bond acceptors (Lipinski definition) is 4. The highest BCUT2D eigenvalue weighted by atomic mass is 16.7. The lowest BCUT2D eigenvalue weighted by atomic mass is 10.2. The van der Waals surface area contributed by atoms with Gasteiger partial charge in [-0.2, -0.15) is 0 Å². The van der Waals surface area contributed by atoms with Gasteiger partial charge in [0.25, 0.3) is 5.91 Å². The van der Waals surface area contributed by atoms with E-state index in [9.17, 15) is 4.79 Å². The van der Waals surface area contributed by atoms with E-state index in [2.05, 4.69) is 10.3 Å². The third-order valence-corrected chi connectivity index (χ3v) is 3.19. The van der Waals surface area contributed by atoms with Crippen LogP contribution in [0, 0.1) is 0 Å². The molecule has 2 aromatic rings. The standard InChI is InChI=1S/C14H15N3O3/c1-17-7-6-15-13(17)4-5-16-14(18)10-2-3-11-12(8-10)20-9-19-11/h2-3,6-8H,4-5,9H2,1H3,(H,16,18). The average molecular weight is 273 g/mol. The van der Waals surface area contributed by atoms with Crippen molar-refractivity contribution in [1.29, 1.82) is 0 Å². The topological polar surface area (TPSA) is 65.4 Å². The van der Waals surface area contributed by atoms with Gasteiger partial charge in [-0.25, -0.2) is 4.98 Å². The van der Waals surface area contributed by atoms with Crippen LogP contribution in [-0.4, -0.2) is 28.8 Å². The van der Waals surface area contributed by atoms with Crippen LogP contribution in [0.25, 0.3) is 0 Å². The van der Waals surface area contributed by atoms with E-state index in [1.165, 1.54) is 0 Å². The summed E-state index contributed by atoms with van der Waals surface area (Å²) in [6, 6.07) is 5.16. The van der Waals surface area contributed by atoms with Gasteiger partial charge in [-0.05, 0) is 18.2 Å². The van der Waals surface area contributed by atoms with E-state index >= 15 is 0 Å². The minimum atomic E-state index is -0.127. The quantitative estimate of drug-likeness (QED) is 0.906. The molecule has 1 aromatic heterocycles. The number of nitrogens with one attached hydrogen (secondary N) is 1. The van der Waals surface area contributed by atoms with Crippen LogP contribution < -0.4 is 14.8 Å². The van der Waals surface area contributed by atoms with Crippen LogP contribution in [0.4, 0.5) is 0 Å². The molecule has 0 atom stereocenters. The highest BCUT2D eigenvalue weighted by molar-refractivity contribution is 5.94. The fraction of sp³-hybridized carbons (Fsp3) is 0.286. The molecule has 0 unspecified atom stereocenters. The van der Waals surface area contributed by atoms with E-state index in [-0.39, 0.29) is 12.7 Å². The first-order valence-electron chi connectivity index (χ1n) is 6.38. The summed E-state index contributed by atoms with van der Waals surface area (Å²) in [6.45, 7) is 0.748. The molecule has 0 aliphatic carbocycles. The molecule has 0 saturated carbocycles. The summed E-state index contributed by atoms with van der Waals surface area (Å²) in [6.07, 6.45) is 4.32. The van der Waals surface area contributed by atoms with Crippen LogP contribution in [0.3, 0.4) is 0 Å². The average Bonchev–Trinajstić information content (AvgIpc) is 3.07. The van der Waals surface area contributed by atoms with Crippen molar-refractivity contribution >= 4 is 5.91 Å². The van der Waals surface area contributed by atoms with Gasteiger partial charge in [-0.15, -0.1) is 0 Å². The molecule has 1 aromatic carbocycles. The van der Waals surface area contributed by atoms with E-state index in [0.717, 1.165) is 5.82 Å². The van der Waals surface area contributed by atoms with Gasteiger partial charge in [0.2, 0.25) is 6.79 Å². The van der Waals surface area contributed by atoms with Gasteiger partial charge < -0.3 is 19.4 Å². The van der Waals surface area contributed by atoms with Gasteiger partial charge >= 0.3 is 0 Å². The predicted molar refractivity (Wildman–Crippen MR) is 71.8 cm³/mol. The molecular weight excluding hydrogens is 258 g/mol. The molecule has 6 heteroatoms. The maximum Gasteiger partial charge on any atom is 0.251 e. The van der Waals surface area contributed by atoms with Gasteiger partial charge in [0.1, 0.15) is 5.82 Å². The molecule has 0 bridgehead atoms. The molecule has 2 heterocycles. The largest absolute Gasteiger partial charge is 0.454 e. The smallest absolute Gasteiger partial charge is 0.251 e. The summed E-state index contributed by atoms with van der Waals surface area (Å²) < 4.78 is 12.4. The zero-order chi connectivity index (χ0) is 13.9. The zero-order valence-corrected chi connectivity index (χ0v) is 11.1. The Morgan fingerprint density at radius 2 is 2.25 bits per heavy atom. The second kappa shape index (κ2) is 5.24. The fourth-order valence-electron chi connectivity index (χ4n) is 2.07. The van der Waals surface area contributed by atoms with E-state index < -0.39 is 0 Å². The number of carbonyl (C=O) groups is 1. The summed E-state index contributed by atoms with van der Waals surface area (Å²) >= 11 is 0. The lowest BCUT2D eigenvalue weighted by molar-refractivity contribution is 0.0953. The molecule has 1 aliphatic rings. The number of ether oxygens (including phenoxy) is 2. The zero-order valence-electron chi connectivity index (χ0n) is 11.1. The number of rotatable bonds is 4. The number of fused-ring (bicyclic) bond motifs is 1. The highest BCUT2D eigenvalue weighted by Crippen LogP contribution is 2.32. The van der Waals surface area contributed by atoms with Crippen molar-refractivity contribution < 1.29 is 14.3 Å². The minimum Gasteiger partial charge on any atom is -0.454 e. The highest BCUT2D eigenvalue weighted by Gasteiger charge is 2.15. The number of imidazole rings is 1. The Bertz CT molecular complexity index is 636. The Morgan fingerprint density at radius 3 is 3.05 bits per heavy atom. The van der Waals surface area contributed by atoms with Gasteiger partial charge in [0, 0.05) is 38.0 Å². The van der Waals surface area contributed by atoms with Crippen LogP contribution in [0.2, 0.25) is 0 Å². The van der Waals surface area contributed by atoms with E-state index in [4.69, 9.17) is 9.47 Å². The van der Waals surface area contributed by atoms with Crippen LogP contribution in [0.1, 0.15) is 16.2 Å². The lowest BCUT2D eigenvalue weighted by Gasteiger charge is -2.06. The van der Waals surface area contributed by atoms with E-state index in [1.54, 1.807) is 24.4 Å². The van der Waals surface area contributed by atoms with Crippen molar-refractivity contribution in [3.63, 3.8) is 0 Å². The summed E-state index contributed by atoms with van der Waals surface area (Å²) in [5, 5.41) is 2.87. The normalized spacial score (nSPS) is 12.4. The molecule has 20 heavy (non-hydrogen) atoms. The number of benzene rings is 1. The molecule has 1 N–H and O–H groups in total. The van der Waals surface area contributed by atoms with Gasteiger partial charge in [-0.1, -0.05) is 0 Å². The maximum atomic E-state index is 12.0. The third kappa shape index (κ3) is 2.45. The molecule has 0 fully saturated rings. The van der Waals surface area contributed by atoms with Gasteiger partial charge in [0.05, 0.1) is 0 Å². The Labute approximate surface area is 116 Å². The van der Waals surface area contributed by atoms with Crippen LogP contribution >= 0.6 is 0 Å². The molecule has 0 radical (unpaired) electrons. The molecule has 104 valence electrons. The Kier molecular flexibility index (Phi) is 3.28. The molecule has 1 amide bonds. The summed E-state index contributed by atoms with van der Waals surface area (Å²) in [7, 11) is 1.93. The Morgan fingerprint density at radius 1 is 1.40 bits per heavy atom. The van der Waals surface area contributed by atoms with Crippen molar-refractivity contribution in [2.75, 3.05) is 13.3 Å². The number of hydrogen-bond donors (Lipinski definition) is 1. The Hall–Kier alpha value is -2.50. The molecule has 0 spiro atoms. The van der Waals surface area contributed by atoms with Crippen LogP contribution in [0.15, 0.2) is 30.6 Å². The number of nitrogens with zero attached hydrogens (tertiary/aromatic N) is 2. The Balaban J connectivity index is 1.58. The van der Waals surface area contributed by atoms with Gasteiger partial charge in [0.15, 0.2) is 11.5 Å². The SMILES string of the molecule is Cn1ccnc1CCNC(=O)c1ccc2c(c1)OCO2. The van der Waals surface area contributed by atoms with E-state index in [0.29, 0.717) is 30.0 Å². The van der Waals surface area contributed by atoms with Crippen molar-refractivity contribution in [2.24, 2.45) is 7.05 Å². The number of carbonyl (C=O) groups excluding carboxylic acids is 1. The van der Waals surface area contributed by atoms with Crippen molar-refractivity contribution in [2.45, 2.75) is 6.42 Å². The number of aryl methyl sites for hydroxylation is 1. The molecule has 6 nitrogen and oxygen atoms in total. The number of amides is 1. The molecule has 0 saturated heterocycles. The maximum absolute atomic E-state index is 12.0. The van der Waals surface area contributed by atoms with Crippen molar-refractivity contribution in [1.82, 2.24) is 14.9 Å². The summed E-state index contributed by atoms with van der Waals surface area (Å²) in [5.74, 6) is 2.10.